The van der Waals surface area contributed by atoms with E-state index in [-0.39, 0.29) is 0 Å². The standard InChI is InChI=1S/C14H8Cl3N/c15-14(16,17)11-6-3-7-12-13(11)10-5-2-1-4-9(10)8-18-12/h1-8H. The van der Waals surface area contributed by atoms with E-state index in [9.17, 15) is 0 Å². The molecule has 3 aromatic rings. The highest BCUT2D eigenvalue weighted by molar-refractivity contribution is 6.67. The molecule has 0 saturated carbocycles. The minimum atomic E-state index is -1.45. The Balaban J connectivity index is 2.55. The normalized spacial score (nSPS) is 12.2. The molecule has 0 N–H and O–H groups in total. The maximum atomic E-state index is 6.04. The van der Waals surface area contributed by atoms with E-state index in [1.54, 1.807) is 0 Å². The Bertz CT molecular complexity index is 732. The van der Waals surface area contributed by atoms with E-state index < -0.39 is 3.79 Å². The van der Waals surface area contributed by atoms with Gasteiger partial charge in [0, 0.05) is 22.5 Å². The molecule has 18 heavy (non-hydrogen) atoms. The van der Waals surface area contributed by atoms with Crippen molar-refractivity contribution in [3.8, 4) is 0 Å². The third kappa shape index (κ3) is 1.93. The zero-order valence-electron chi connectivity index (χ0n) is 9.20. The summed E-state index contributed by atoms with van der Waals surface area (Å²) in [5.74, 6) is 0. The molecule has 3 rings (SSSR count). The maximum Gasteiger partial charge on any atom is 0.216 e. The molecule has 0 aliphatic heterocycles. The van der Waals surface area contributed by atoms with Crippen molar-refractivity contribution in [2.45, 2.75) is 3.79 Å². The minimum Gasteiger partial charge on any atom is -0.256 e. The van der Waals surface area contributed by atoms with Crippen LogP contribution < -0.4 is 0 Å². The summed E-state index contributed by atoms with van der Waals surface area (Å²) in [6.45, 7) is 0. The highest BCUT2D eigenvalue weighted by Crippen LogP contribution is 2.43. The molecule has 0 fully saturated rings. The van der Waals surface area contributed by atoms with Crippen LogP contribution in [0.25, 0.3) is 21.7 Å². The lowest BCUT2D eigenvalue weighted by atomic mass is 10.0. The smallest absolute Gasteiger partial charge is 0.216 e. The second-order valence-corrected chi connectivity index (χ2v) is 6.32. The predicted molar refractivity (Wildman–Crippen MR) is 78.5 cm³/mol. The van der Waals surface area contributed by atoms with Crippen LogP contribution in [0.1, 0.15) is 5.56 Å². The van der Waals surface area contributed by atoms with Gasteiger partial charge in [0.1, 0.15) is 0 Å². The third-order valence-electron chi connectivity index (χ3n) is 2.92. The molecule has 0 amide bonds. The van der Waals surface area contributed by atoms with Crippen LogP contribution in [0.4, 0.5) is 0 Å². The Morgan fingerprint density at radius 2 is 1.67 bits per heavy atom. The summed E-state index contributed by atoms with van der Waals surface area (Å²) in [6, 6.07) is 13.5. The molecule has 0 aliphatic carbocycles. The number of pyridine rings is 1. The second-order valence-electron chi connectivity index (χ2n) is 4.04. The van der Waals surface area contributed by atoms with Gasteiger partial charge >= 0.3 is 0 Å². The predicted octanol–water partition coefficient (Wildman–Crippen LogP) is 5.21. The molecule has 0 bridgehead atoms. The SMILES string of the molecule is ClC(Cl)(Cl)c1cccc2ncc3ccccc3c12. The van der Waals surface area contributed by atoms with Gasteiger partial charge in [0.25, 0.3) is 0 Å². The van der Waals surface area contributed by atoms with Crippen molar-refractivity contribution in [3.05, 3.63) is 54.2 Å². The first-order valence-electron chi connectivity index (χ1n) is 5.41. The van der Waals surface area contributed by atoms with Gasteiger partial charge in [-0.2, -0.15) is 0 Å². The summed E-state index contributed by atoms with van der Waals surface area (Å²) in [5, 5.41) is 2.98. The fourth-order valence-corrected chi connectivity index (χ4v) is 2.62. The fraction of sp³-hybridized carbons (Fsp3) is 0.0714. The number of alkyl halides is 3. The van der Waals surface area contributed by atoms with Crippen LogP contribution in [0, 0.1) is 0 Å². The molecule has 4 heteroatoms. The Morgan fingerprint density at radius 1 is 0.889 bits per heavy atom. The highest BCUT2D eigenvalue weighted by Gasteiger charge is 2.26. The van der Waals surface area contributed by atoms with Crippen LogP contribution in [0.2, 0.25) is 0 Å². The lowest BCUT2D eigenvalue weighted by Crippen LogP contribution is -2.01. The van der Waals surface area contributed by atoms with Gasteiger partial charge in [-0.3, -0.25) is 4.98 Å². The first kappa shape index (κ1) is 12.0. The molecule has 0 spiro atoms. The summed E-state index contributed by atoms with van der Waals surface area (Å²) in [6.07, 6.45) is 1.83. The van der Waals surface area contributed by atoms with Gasteiger partial charge in [0.05, 0.1) is 5.52 Å². The Kier molecular flexibility index (Phi) is 2.86. The summed E-state index contributed by atoms with van der Waals surface area (Å²) in [7, 11) is 0. The monoisotopic (exact) mass is 295 g/mol. The quantitative estimate of drug-likeness (QED) is 0.410. The van der Waals surface area contributed by atoms with Gasteiger partial charge in [-0.15, -0.1) is 0 Å². The summed E-state index contributed by atoms with van der Waals surface area (Å²) >= 11 is 18.1. The molecule has 2 aromatic carbocycles. The van der Waals surface area contributed by atoms with Crippen LogP contribution in [0.15, 0.2) is 48.7 Å². The van der Waals surface area contributed by atoms with Crippen molar-refractivity contribution in [1.82, 2.24) is 4.98 Å². The van der Waals surface area contributed by atoms with E-state index in [1.165, 1.54) is 0 Å². The number of hydrogen-bond donors (Lipinski definition) is 0. The lowest BCUT2D eigenvalue weighted by Gasteiger charge is -2.15. The van der Waals surface area contributed by atoms with Crippen LogP contribution >= 0.6 is 34.8 Å². The number of benzene rings is 2. The maximum absolute atomic E-state index is 6.04. The van der Waals surface area contributed by atoms with E-state index in [2.05, 4.69) is 4.98 Å². The van der Waals surface area contributed by atoms with Crippen molar-refractivity contribution >= 4 is 56.5 Å². The minimum absolute atomic E-state index is 0.661. The van der Waals surface area contributed by atoms with Crippen LogP contribution in [-0.2, 0) is 3.79 Å². The van der Waals surface area contributed by atoms with Gasteiger partial charge in [0.2, 0.25) is 3.79 Å². The molecule has 1 aromatic heterocycles. The molecule has 1 heterocycles. The van der Waals surface area contributed by atoms with E-state index >= 15 is 0 Å². The van der Waals surface area contributed by atoms with Gasteiger partial charge in [-0.25, -0.2) is 0 Å². The largest absolute Gasteiger partial charge is 0.256 e. The van der Waals surface area contributed by atoms with Crippen molar-refractivity contribution in [2.75, 3.05) is 0 Å². The molecule has 0 radical (unpaired) electrons. The van der Waals surface area contributed by atoms with Crippen LogP contribution in [-0.4, -0.2) is 4.98 Å². The van der Waals surface area contributed by atoms with Crippen molar-refractivity contribution in [3.63, 3.8) is 0 Å². The zero-order chi connectivity index (χ0) is 12.8. The van der Waals surface area contributed by atoms with Gasteiger partial charge in [-0.05, 0) is 11.5 Å². The fourth-order valence-electron chi connectivity index (χ4n) is 2.14. The lowest BCUT2D eigenvalue weighted by molar-refractivity contribution is 1.27. The molecule has 1 nitrogen and oxygen atoms in total. The number of halogens is 3. The Labute approximate surface area is 119 Å². The van der Waals surface area contributed by atoms with Crippen molar-refractivity contribution in [1.29, 1.82) is 0 Å². The average molecular weight is 297 g/mol. The van der Waals surface area contributed by atoms with E-state index in [0.717, 1.165) is 21.7 Å². The van der Waals surface area contributed by atoms with Gasteiger partial charge in [0.15, 0.2) is 0 Å². The third-order valence-corrected chi connectivity index (χ3v) is 3.53. The number of rotatable bonds is 0. The van der Waals surface area contributed by atoms with Crippen molar-refractivity contribution < 1.29 is 0 Å². The topological polar surface area (TPSA) is 12.9 Å². The van der Waals surface area contributed by atoms with Crippen LogP contribution in [0.5, 0.6) is 0 Å². The summed E-state index contributed by atoms with van der Waals surface area (Å²) in [4.78, 5) is 4.41. The van der Waals surface area contributed by atoms with Crippen LogP contribution in [0.3, 0.4) is 0 Å². The molecule has 0 atom stereocenters. The van der Waals surface area contributed by atoms with E-state index in [1.807, 2.05) is 48.7 Å². The second kappa shape index (κ2) is 4.27. The number of nitrogens with zero attached hydrogens (tertiary/aromatic N) is 1. The molecule has 0 aliphatic rings. The highest BCUT2D eigenvalue weighted by atomic mass is 35.6. The molecule has 90 valence electrons. The van der Waals surface area contributed by atoms with Gasteiger partial charge in [-0.1, -0.05) is 71.2 Å². The van der Waals surface area contributed by atoms with Crippen molar-refractivity contribution in [2.24, 2.45) is 0 Å². The first-order chi connectivity index (χ1) is 8.57. The van der Waals surface area contributed by atoms with E-state index in [0.29, 0.717) is 5.56 Å². The summed E-state index contributed by atoms with van der Waals surface area (Å²) in [5.41, 5.74) is 1.49. The number of fused-ring (bicyclic) bond motifs is 3. The molecular weight excluding hydrogens is 289 g/mol. The number of aromatic nitrogens is 1. The van der Waals surface area contributed by atoms with E-state index in [4.69, 9.17) is 34.8 Å². The Morgan fingerprint density at radius 3 is 2.44 bits per heavy atom. The molecule has 0 unspecified atom stereocenters. The molecular formula is C14H8Cl3N. The van der Waals surface area contributed by atoms with Gasteiger partial charge < -0.3 is 0 Å². The summed E-state index contributed by atoms with van der Waals surface area (Å²) < 4.78 is -1.45. The number of hydrogen-bond acceptors (Lipinski definition) is 1. The Hall–Kier alpha value is -1.02. The zero-order valence-corrected chi connectivity index (χ0v) is 11.5. The molecule has 0 saturated heterocycles. The first-order valence-corrected chi connectivity index (χ1v) is 6.54. The average Bonchev–Trinajstić information content (AvgIpc) is 2.36.